The molecule has 1 aromatic heterocycles. The Labute approximate surface area is 164 Å². The first-order chi connectivity index (χ1) is 13.1. The summed E-state index contributed by atoms with van der Waals surface area (Å²) in [7, 11) is 0. The van der Waals surface area contributed by atoms with Crippen molar-refractivity contribution in [2.24, 2.45) is 5.92 Å². The van der Waals surface area contributed by atoms with E-state index in [0.29, 0.717) is 5.39 Å². The summed E-state index contributed by atoms with van der Waals surface area (Å²) in [4.78, 5) is 18.2. The van der Waals surface area contributed by atoms with Crippen LogP contribution in [-0.4, -0.2) is 15.3 Å². The Bertz CT molecular complexity index is 1020. The van der Waals surface area contributed by atoms with Crippen molar-refractivity contribution >= 4 is 22.7 Å². The molecule has 0 atom stereocenters. The topological polar surface area (TPSA) is 34.9 Å². The number of aryl methyl sites for hydroxylation is 2. The Hall–Kier alpha value is -2.07. The van der Waals surface area contributed by atoms with Gasteiger partial charge in [0.05, 0.1) is 16.6 Å². The van der Waals surface area contributed by atoms with E-state index in [0.717, 1.165) is 28.0 Å². The monoisotopic (exact) mass is 378 g/mol. The third kappa shape index (κ3) is 3.81. The molecule has 0 unspecified atom stereocenters. The summed E-state index contributed by atoms with van der Waals surface area (Å²) in [5.74, 6) is 1.77. The predicted octanol–water partition coefficient (Wildman–Crippen LogP) is 5.67. The zero-order valence-electron chi connectivity index (χ0n) is 16.1. The molecule has 0 amide bonds. The molecule has 27 heavy (non-hydrogen) atoms. The maximum absolute atomic E-state index is 13.3. The van der Waals surface area contributed by atoms with Gasteiger partial charge < -0.3 is 0 Å². The van der Waals surface area contributed by atoms with E-state index in [2.05, 4.69) is 26.0 Å². The van der Waals surface area contributed by atoms with Crippen molar-refractivity contribution in [1.29, 1.82) is 0 Å². The average Bonchev–Trinajstić information content (AvgIpc) is 2.70. The van der Waals surface area contributed by atoms with Gasteiger partial charge in [0.2, 0.25) is 0 Å². The van der Waals surface area contributed by atoms with Crippen LogP contribution in [0.1, 0.15) is 43.2 Å². The molecular formula is C23H26N2OS. The maximum Gasteiger partial charge on any atom is 0.266 e. The second kappa shape index (κ2) is 7.89. The van der Waals surface area contributed by atoms with E-state index in [1.165, 1.54) is 43.2 Å². The van der Waals surface area contributed by atoms with Crippen LogP contribution in [0.25, 0.3) is 16.6 Å². The fourth-order valence-corrected chi connectivity index (χ4v) is 5.05. The van der Waals surface area contributed by atoms with Gasteiger partial charge in [0, 0.05) is 5.75 Å². The molecule has 4 heteroatoms. The SMILES string of the molecule is Cc1ccc(-n2c(SCC3CCCCC3)nc3ccccc3c2=O)cc1C. The van der Waals surface area contributed by atoms with E-state index in [-0.39, 0.29) is 5.56 Å². The van der Waals surface area contributed by atoms with Gasteiger partial charge in [0.15, 0.2) is 5.16 Å². The summed E-state index contributed by atoms with van der Waals surface area (Å²) in [6, 6.07) is 13.9. The minimum absolute atomic E-state index is 0.0231. The molecule has 0 spiro atoms. The highest BCUT2D eigenvalue weighted by Crippen LogP contribution is 2.30. The lowest BCUT2D eigenvalue weighted by molar-refractivity contribution is 0.390. The first-order valence-electron chi connectivity index (χ1n) is 9.86. The van der Waals surface area contributed by atoms with Gasteiger partial charge in [0.1, 0.15) is 0 Å². The molecule has 1 aliphatic carbocycles. The minimum atomic E-state index is 0.0231. The lowest BCUT2D eigenvalue weighted by Gasteiger charge is -2.21. The molecule has 0 bridgehead atoms. The molecular weight excluding hydrogens is 352 g/mol. The number of fused-ring (bicyclic) bond motifs is 1. The number of thioether (sulfide) groups is 1. The van der Waals surface area contributed by atoms with Crippen LogP contribution in [0.5, 0.6) is 0 Å². The van der Waals surface area contributed by atoms with Gasteiger partial charge in [-0.25, -0.2) is 4.98 Å². The molecule has 0 aliphatic heterocycles. The van der Waals surface area contributed by atoms with Crippen molar-refractivity contribution in [1.82, 2.24) is 9.55 Å². The fourth-order valence-electron chi connectivity index (χ4n) is 3.85. The van der Waals surface area contributed by atoms with E-state index in [4.69, 9.17) is 4.98 Å². The largest absolute Gasteiger partial charge is 0.268 e. The van der Waals surface area contributed by atoms with Gasteiger partial charge in [-0.2, -0.15) is 0 Å². The molecule has 1 fully saturated rings. The number of hydrogen-bond acceptors (Lipinski definition) is 3. The highest BCUT2D eigenvalue weighted by atomic mass is 32.2. The predicted molar refractivity (Wildman–Crippen MR) is 114 cm³/mol. The number of para-hydroxylation sites is 1. The second-order valence-corrected chi connectivity index (χ2v) is 8.62. The van der Waals surface area contributed by atoms with Gasteiger partial charge in [-0.15, -0.1) is 0 Å². The zero-order chi connectivity index (χ0) is 18.8. The van der Waals surface area contributed by atoms with Crippen LogP contribution in [0.15, 0.2) is 52.4 Å². The van der Waals surface area contributed by atoms with Crippen molar-refractivity contribution in [3.63, 3.8) is 0 Å². The molecule has 0 radical (unpaired) electrons. The van der Waals surface area contributed by atoms with Crippen LogP contribution < -0.4 is 5.56 Å². The van der Waals surface area contributed by atoms with Crippen LogP contribution >= 0.6 is 11.8 Å². The van der Waals surface area contributed by atoms with Crippen LogP contribution in [0, 0.1) is 19.8 Å². The van der Waals surface area contributed by atoms with Crippen LogP contribution in [0.4, 0.5) is 0 Å². The Kier molecular flexibility index (Phi) is 5.35. The summed E-state index contributed by atoms with van der Waals surface area (Å²) in [5, 5.41) is 1.49. The lowest BCUT2D eigenvalue weighted by atomic mass is 9.91. The molecule has 4 rings (SSSR count). The van der Waals surface area contributed by atoms with Crippen molar-refractivity contribution < 1.29 is 0 Å². The molecule has 1 aliphatic rings. The molecule has 140 valence electrons. The average molecular weight is 379 g/mol. The molecule has 1 saturated carbocycles. The summed E-state index contributed by atoms with van der Waals surface area (Å²) in [6.07, 6.45) is 6.63. The molecule has 0 N–H and O–H groups in total. The highest BCUT2D eigenvalue weighted by Gasteiger charge is 2.18. The summed E-state index contributed by atoms with van der Waals surface area (Å²) in [5.41, 5.74) is 4.14. The quantitative estimate of drug-likeness (QED) is 0.433. The normalized spacial score (nSPS) is 15.3. The van der Waals surface area contributed by atoms with Gasteiger partial charge in [-0.1, -0.05) is 49.2 Å². The van der Waals surface area contributed by atoms with Gasteiger partial charge >= 0.3 is 0 Å². The van der Waals surface area contributed by atoms with E-state index in [9.17, 15) is 4.79 Å². The molecule has 2 aromatic carbocycles. The molecule has 1 heterocycles. The number of rotatable bonds is 4. The first kappa shape index (κ1) is 18.3. The van der Waals surface area contributed by atoms with Crippen LogP contribution in [0.3, 0.4) is 0 Å². The number of benzene rings is 2. The van der Waals surface area contributed by atoms with E-state index >= 15 is 0 Å². The van der Waals surface area contributed by atoms with Crippen LogP contribution in [-0.2, 0) is 0 Å². The molecule has 3 aromatic rings. The standard InChI is InChI=1S/C23H26N2OS/c1-16-12-13-19(14-17(16)2)25-22(26)20-10-6-7-11-21(20)24-23(25)27-15-18-8-4-3-5-9-18/h6-7,10-14,18H,3-5,8-9,15H2,1-2H3. The second-order valence-electron chi connectivity index (χ2n) is 7.64. The first-order valence-corrected chi connectivity index (χ1v) is 10.8. The Morgan fingerprint density at radius 2 is 1.81 bits per heavy atom. The van der Waals surface area contributed by atoms with E-state index in [1.54, 1.807) is 11.8 Å². The molecule has 0 saturated heterocycles. The third-order valence-electron chi connectivity index (χ3n) is 5.67. The van der Waals surface area contributed by atoms with Crippen molar-refractivity contribution in [2.45, 2.75) is 51.1 Å². The van der Waals surface area contributed by atoms with Gasteiger partial charge in [-0.3, -0.25) is 9.36 Å². The fraction of sp³-hybridized carbons (Fsp3) is 0.391. The zero-order valence-corrected chi connectivity index (χ0v) is 16.9. The maximum atomic E-state index is 13.3. The van der Waals surface area contributed by atoms with Crippen molar-refractivity contribution in [2.75, 3.05) is 5.75 Å². The summed E-state index contributed by atoms with van der Waals surface area (Å²) >= 11 is 1.74. The summed E-state index contributed by atoms with van der Waals surface area (Å²) < 4.78 is 1.81. The van der Waals surface area contributed by atoms with Crippen LogP contribution in [0.2, 0.25) is 0 Å². The number of nitrogens with zero attached hydrogens (tertiary/aromatic N) is 2. The van der Waals surface area contributed by atoms with Crippen molar-refractivity contribution in [3.8, 4) is 5.69 Å². The number of aromatic nitrogens is 2. The smallest absolute Gasteiger partial charge is 0.266 e. The van der Waals surface area contributed by atoms with Crippen molar-refractivity contribution in [3.05, 3.63) is 63.9 Å². The summed E-state index contributed by atoms with van der Waals surface area (Å²) in [6.45, 7) is 4.19. The molecule has 3 nitrogen and oxygen atoms in total. The third-order valence-corrected chi connectivity index (χ3v) is 6.84. The lowest BCUT2D eigenvalue weighted by Crippen LogP contribution is -2.22. The Morgan fingerprint density at radius 1 is 1.04 bits per heavy atom. The van der Waals surface area contributed by atoms with E-state index < -0.39 is 0 Å². The van der Waals surface area contributed by atoms with Gasteiger partial charge in [-0.05, 0) is 68.0 Å². The minimum Gasteiger partial charge on any atom is -0.268 e. The number of hydrogen-bond donors (Lipinski definition) is 0. The highest BCUT2D eigenvalue weighted by molar-refractivity contribution is 7.99. The Balaban J connectivity index is 1.79. The van der Waals surface area contributed by atoms with Gasteiger partial charge in [0.25, 0.3) is 5.56 Å². The van der Waals surface area contributed by atoms with E-state index in [1.807, 2.05) is 34.9 Å². The Morgan fingerprint density at radius 3 is 2.59 bits per heavy atom.